The summed E-state index contributed by atoms with van der Waals surface area (Å²) in [6.07, 6.45) is 0. The normalized spacial score (nSPS) is 11.1. The van der Waals surface area contributed by atoms with E-state index in [4.69, 9.17) is 4.42 Å². The molecule has 0 saturated carbocycles. The molecule has 35 heavy (non-hydrogen) atoms. The van der Waals surface area contributed by atoms with Crippen LogP contribution in [0.2, 0.25) is 0 Å². The van der Waals surface area contributed by atoms with Crippen molar-refractivity contribution in [2.24, 2.45) is 0 Å². The second-order valence-corrected chi connectivity index (χ2v) is 8.46. The van der Waals surface area contributed by atoms with Gasteiger partial charge in [0.15, 0.2) is 0 Å². The van der Waals surface area contributed by atoms with Gasteiger partial charge in [0.05, 0.1) is 0 Å². The Labute approximate surface area is 203 Å². The summed E-state index contributed by atoms with van der Waals surface area (Å²) >= 11 is 0. The number of para-hydroxylation sites is 3. The maximum atomic E-state index is 9.48. The van der Waals surface area contributed by atoms with Gasteiger partial charge in [-0.15, -0.1) is 0 Å². The molecule has 1 aromatic heterocycles. The molecule has 0 radical (unpaired) electrons. The number of anilines is 3. The van der Waals surface area contributed by atoms with Gasteiger partial charge in [-0.1, -0.05) is 78.9 Å². The Kier molecular flexibility index (Phi) is 5.34. The highest BCUT2D eigenvalue weighted by atomic mass is 16.4. The molecule has 0 aliphatic carbocycles. The molecule has 0 amide bonds. The first-order chi connectivity index (χ1) is 17.2. The zero-order chi connectivity index (χ0) is 23.8. The largest absolute Gasteiger partial charge is 0.488 e. The molecule has 4 nitrogen and oxygen atoms in total. The smallest absolute Gasteiger partial charge is 0.455 e. The maximum absolute atomic E-state index is 9.48. The van der Waals surface area contributed by atoms with Gasteiger partial charge >= 0.3 is 7.12 Å². The molecule has 0 saturated heterocycles. The number of rotatable bonds is 5. The molecule has 5 heteroatoms. The fourth-order valence-electron chi connectivity index (χ4n) is 4.58. The van der Waals surface area contributed by atoms with Crippen molar-refractivity contribution in [1.29, 1.82) is 0 Å². The van der Waals surface area contributed by atoms with Crippen molar-refractivity contribution in [2.75, 3.05) is 4.90 Å². The first-order valence-corrected chi connectivity index (χ1v) is 11.5. The third kappa shape index (κ3) is 3.87. The van der Waals surface area contributed by atoms with Gasteiger partial charge in [0.1, 0.15) is 11.2 Å². The van der Waals surface area contributed by atoms with Crippen molar-refractivity contribution in [2.45, 2.75) is 0 Å². The summed E-state index contributed by atoms with van der Waals surface area (Å²) in [6.45, 7) is 0. The molecular formula is C30H22BNO3. The van der Waals surface area contributed by atoms with Gasteiger partial charge in [0, 0.05) is 33.4 Å². The van der Waals surface area contributed by atoms with E-state index in [1.54, 1.807) is 12.1 Å². The SMILES string of the molecule is OB(O)c1ccc(N(c2ccccc2)c2ccc(-c3cccc4c3oc3ccccc34)cc2)cc1. The first-order valence-electron chi connectivity index (χ1n) is 11.5. The van der Waals surface area contributed by atoms with Crippen molar-refractivity contribution in [1.82, 2.24) is 0 Å². The minimum atomic E-state index is -1.49. The molecule has 0 atom stereocenters. The van der Waals surface area contributed by atoms with Crippen LogP contribution in [0.5, 0.6) is 0 Å². The Balaban J connectivity index is 1.43. The predicted molar refractivity (Wildman–Crippen MR) is 144 cm³/mol. The number of furan rings is 1. The Bertz CT molecular complexity index is 1610. The number of hydrogen-bond donors (Lipinski definition) is 2. The van der Waals surface area contributed by atoms with Crippen LogP contribution in [0.25, 0.3) is 33.1 Å². The van der Waals surface area contributed by atoms with Gasteiger partial charge in [-0.3, -0.25) is 0 Å². The van der Waals surface area contributed by atoms with E-state index >= 15 is 0 Å². The minimum Gasteiger partial charge on any atom is -0.455 e. The lowest BCUT2D eigenvalue weighted by atomic mass is 9.80. The van der Waals surface area contributed by atoms with Gasteiger partial charge in [0.25, 0.3) is 0 Å². The molecule has 0 fully saturated rings. The number of fused-ring (bicyclic) bond motifs is 3. The van der Waals surface area contributed by atoms with Crippen LogP contribution in [-0.2, 0) is 0 Å². The number of benzene rings is 5. The standard InChI is InChI=1S/C30H22BNO3/c33-31(34)22-15-19-25(20-16-22)32(23-7-2-1-3-8-23)24-17-13-21(14-18-24)26-10-6-11-28-27-9-4-5-12-29(27)35-30(26)28/h1-20,33-34H. The molecule has 6 rings (SSSR count). The Morgan fingerprint density at radius 2 is 1.14 bits per heavy atom. The summed E-state index contributed by atoms with van der Waals surface area (Å²) < 4.78 is 6.23. The van der Waals surface area contributed by atoms with Gasteiger partial charge in [-0.25, -0.2) is 0 Å². The summed E-state index contributed by atoms with van der Waals surface area (Å²) in [7, 11) is -1.49. The molecule has 0 spiro atoms. The summed E-state index contributed by atoms with van der Waals surface area (Å²) in [4.78, 5) is 2.14. The van der Waals surface area contributed by atoms with E-state index in [0.29, 0.717) is 5.46 Å². The highest BCUT2D eigenvalue weighted by Gasteiger charge is 2.16. The predicted octanol–water partition coefficient (Wildman–Crippen LogP) is 6.40. The number of nitrogens with zero attached hydrogens (tertiary/aromatic N) is 1. The average Bonchev–Trinajstić information content (AvgIpc) is 3.29. The second-order valence-electron chi connectivity index (χ2n) is 8.46. The van der Waals surface area contributed by atoms with E-state index in [9.17, 15) is 10.0 Å². The minimum absolute atomic E-state index is 0.455. The second kappa shape index (κ2) is 8.80. The fraction of sp³-hybridized carbons (Fsp3) is 0. The van der Waals surface area contributed by atoms with E-state index in [2.05, 4.69) is 65.6 Å². The Morgan fingerprint density at radius 1 is 0.543 bits per heavy atom. The molecule has 0 unspecified atom stereocenters. The molecule has 0 bridgehead atoms. The molecular weight excluding hydrogens is 433 g/mol. The molecule has 2 N–H and O–H groups in total. The van der Waals surface area contributed by atoms with E-state index in [0.717, 1.165) is 50.1 Å². The van der Waals surface area contributed by atoms with Crippen LogP contribution in [-0.4, -0.2) is 17.2 Å². The summed E-state index contributed by atoms with van der Waals surface area (Å²) in [5.74, 6) is 0. The van der Waals surface area contributed by atoms with Gasteiger partial charge in [0.2, 0.25) is 0 Å². The lowest BCUT2D eigenvalue weighted by Gasteiger charge is -2.26. The Hall–Kier alpha value is -4.32. The molecule has 168 valence electrons. The molecule has 5 aromatic carbocycles. The quantitative estimate of drug-likeness (QED) is 0.295. The lowest BCUT2D eigenvalue weighted by molar-refractivity contribution is 0.426. The highest BCUT2D eigenvalue weighted by molar-refractivity contribution is 6.58. The van der Waals surface area contributed by atoms with E-state index < -0.39 is 7.12 Å². The first kappa shape index (κ1) is 21.2. The zero-order valence-corrected chi connectivity index (χ0v) is 18.9. The summed E-state index contributed by atoms with van der Waals surface area (Å²) in [6, 6.07) is 40.1. The van der Waals surface area contributed by atoms with Crippen molar-refractivity contribution in [3.8, 4) is 11.1 Å². The van der Waals surface area contributed by atoms with Crippen LogP contribution >= 0.6 is 0 Å². The summed E-state index contributed by atoms with van der Waals surface area (Å²) in [5, 5.41) is 21.2. The van der Waals surface area contributed by atoms with Crippen LogP contribution in [0.3, 0.4) is 0 Å². The molecule has 0 aliphatic heterocycles. The van der Waals surface area contributed by atoms with E-state index in [-0.39, 0.29) is 0 Å². The fourth-order valence-corrected chi connectivity index (χ4v) is 4.58. The topological polar surface area (TPSA) is 56.8 Å². The molecule has 6 aromatic rings. The average molecular weight is 455 g/mol. The monoisotopic (exact) mass is 455 g/mol. The lowest BCUT2D eigenvalue weighted by Crippen LogP contribution is -2.29. The van der Waals surface area contributed by atoms with Crippen molar-refractivity contribution in [3.63, 3.8) is 0 Å². The van der Waals surface area contributed by atoms with Crippen LogP contribution in [0.1, 0.15) is 0 Å². The van der Waals surface area contributed by atoms with Crippen LogP contribution < -0.4 is 10.4 Å². The van der Waals surface area contributed by atoms with Gasteiger partial charge in [-0.2, -0.15) is 0 Å². The zero-order valence-electron chi connectivity index (χ0n) is 18.9. The van der Waals surface area contributed by atoms with Gasteiger partial charge in [-0.05, 0) is 53.5 Å². The molecule has 1 heterocycles. The van der Waals surface area contributed by atoms with Crippen molar-refractivity contribution >= 4 is 51.6 Å². The molecule has 0 aliphatic rings. The van der Waals surface area contributed by atoms with Crippen molar-refractivity contribution in [3.05, 3.63) is 121 Å². The van der Waals surface area contributed by atoms with E-state index in [1.807, 2.05) is 48.5 Å². The van der Waals surface area contributed by atoms with Crippen LogP contribution in [0, 0.1) is 0 Å². The van der Waals surface area contributed by atoms with Crippen LogP contribution in [0.4, 0.5) is 17.1 Å². The van der Waals surface area contributed by atoms with Gasteiger partial charge < -0.3 is 19.4 Å². The van der Waals surface area contributed by atoms with E-state index in [1.165, 1.54) is 0 Å². The Morgan fingerprint density at radius 3 is 1.86 bits per heavy atom. The maximum Gasteiger partial charge on any atom is 0.488 e. The van der Waals surface area contributed by atoms with Crippen LogP contribution in [0.15, 0.2) is 126 Å². The third-order valence-electron chi connectivity index (χ3n) is 6.30. The number of hydrogen-bond acceptors (Lipinski definition) is 4. The van der Waals surface area contributed by atoms with Crippen molar-refractivity contribution < 1.29 is 14.5 Å². The third-order valence-corrected chi connectivity index (χ3v) is 6.30. The highest BCUT2D eigenvalue weighted by Crippen LogP contribution is 2.38. The summed E-state index contributed by atoms with van der Waals surface area (Å²) in [5.41, 5.74) is 7.29.